The highest BCUT2D eigenvalue weighted by Gasteiger charge is 2.42. The van der Waals surface area contributed by atoms with E-state index in [2.05, 4.69) is 50.2 Å². The molecule has 1 aliphatic carbocycles. The van der Waals surface area contributed by atoms with Crippen LogP contribution in [0.15, 0.2) is 41.7 Å². The molecule has 27 heavy (non-hydrogen) atoms. The van der Waals surface area contributed by atoms with Crippen molar-refractivity contribution < 1.29 is 9.53 Å². The number of benzene rings is 1. The molecular weight excluding hydrogens is 338 g/mol. The van der Waals surface area contributed by atoms with Gasteiger partial charge in [0.05, 0.1) is 13.3 Å². The van der Waals surface area contributed by atoms with Gasteiger partial charge in [0.2, 0.25) is 0 Å². The monoisotopic (exact) mass is 365 g/mol. The van der Waals surface area contributed by atoms with Gasteiger partial charge in [0.25, 0.3) is 0 Å². The first-order chi connectivity index (χ1) is 12.8. The third kappa shape index (κ3) is 2.95. The number of nitrogens with one attached hydrogen (secondary N) is 1. The zero-order chi connectivity index (χ0) is 19.3. The lowest BCUT2D eigenvalue weighted by Crippen LogP contribution is -2.34. The highest BCUT2D eigenvalue weighted by Crippen LogP contribution is 2.49. The van der Waals surface area contributed by atoms with E-state index in [1.807, 2.05) is 23.0 Å². The molecule has 0 saturated heterocycles. The predicted molar refractivity (Wildman–Crippen MR) is 106 cm³/mol. The summed E-state index contributed by atoms with van der Waals surface area (Å²) in [5, 5.41) is 8.19. The van der Waals surface area contributed by atoms with Gasteiger partial charge in [-0.1, -0.05) is 26.0 Å². The second-order valence-electron chi connectivity index (χ2n) is 8.65. The first kappa shape index (κ1) is 17.8. The number of Topliss-reactive ketones (excluding diaryl/α,β-unsaturated/α-hetero) is 1. The van der Waals surface area contributed by atoms with Crippen molar-refractivity contribution in [3.05, 3.63) is 52.9 Å². The zero-order valence-corrected chi connectivity index (χ0v) is 16.7. The number of allylic oxidation sites excluding steroid dienone is 2. The number of aromatic nitrogens is 2. The van der Waals surface area contributed by atoms with E-state index in [4.69, 9.17) is 4.74 Å². The minimum Gasteiger partial charge on any atom is -0.497 e. The van der Waals surface area contributed by atoms with E-state index in [1.54, 1.807) is 7.11 Å². The summed E-state index contributed by atoms with van der Waals surface area (Å²) in [7, 11) is 1.66. The summed E-state index contributed by atoms with van der Waals surface area (Å²) < 4.78 is 7.32. The number of fused-ring (bicyclic) bond motifs is 1. The van der Waals surface area contributed by atoms with Crippen LogP contribution < -0.4 is 10.1 Å². The molecule has 5 nitrogen and oxygen atoms in total. The van der Waals surface area contributed by atoms with E-state index in [0.29, 0.717) is 6.42 Å². The van der Waals surface area contributed by atoms with Gasteiger partial charge in [-0.25, -0.2) is 4.68 Å². The second-order valence-corrected chi connectivity index (χ2v) is 8.65. The van der Waals surface area contributed by atoms with Crippen LogP contribution in [0.2, 0.25) is 0 Å². The fourth-order valence-electron chi connectivity index (χ4n) is 4.33. The summed E-state index contributed by atoms with van der Waals surface area (Å²) >= 11 is 0. The number of hydrogen-bond donors (Lipinski definition) is 1. The topological polar surface area (TPSA) is 56.1 Å². The largest absolute Gasteiger partial charge is 0.497 e. The standard InChI is InChI=1S/C22H27N3O2/c1-13(2)25-21-16(12-23-25)19(14-6-8-15(27-5)9-7-14)20-17(24-21)10-22(3,4)11-18(20)26/h6-9,12-13,19,24H,10-11H2,1-5H3/t19-/m1/s1. The Bertz CT molecular complexity index is 920. The van der Waals surface area contributed by atoms with Crippen molar-refractivity contribution in [2.45, 2.75) is 52.5 Å². The predicted octanol–water partition coefficient (Wildman–Crippen LogP) is 4.67. The highest BCUT2D eigenvalue weighted by atomic mass is 16.5. The number of rotatable bonds is 3. The van der Waals surface area contributed by atoms with Crippen molar-refractivity contribution in [2.24, 2.45) is 5.41 Å². The third-order valence-electron chi connectivity index (χ3n) is 5.55. The van der Waals surface area contributed by atoms with Crippen LogP contribution in [0.25, 0.3) is 0 Å². The summed E-state index contributed by atoms with van der Waals surface area (Å²) in [4.78, 5) is 13.2. The van der Waals surface area contributed by atoms with E-state index in [-0.39, 0.29) is 23.2 Å². The summed E-state index contributed by atoms with van der Waals surface area (Å²) in [6.07, 6.45) is 3.35. The van der Waals surface area contributed by atoms with Gasteiger partial charge < -0.3 is 10.1 Å². The summed E-state index contributed by atoms with van der Waals surface area (Å²) in [5.41, 5.74) is 4.08. The number of anilines is 1. The van der Waals surface area contributed by atoms with E-state index in [0.717, 1.165) is 40.4 Å². The van der Waals surface area contributed by atoms with Crippen molar-refractivity contribution in [3.63, 3.8) is 0 Å². The third-order valence-corrected chi connectivity index (χ3v) is 5.55. The molecule has 2 heterocycles. The second kappa shape index (κ2) is 6.25. The van der Waals surface area contributed by atoms with Crippen molar-refractivity contribution in [1.29, 1.82) is 0 Å². The van der Waals surface area contributed by atoms with Gasteiger partial charge in [-0.05, 0) is 43.4 Å². The lowest BCUT2D eigenvalue weighted by Gasteiger charge is -2.38. The Morgan fingerprint density at radius 3 is 2.56 bits per heavy atom. The molecule has 0 spiro atoms. The molecule has 142 valence electrons. The molecule has 0 amide bonds. The SMILES string of the molecule is COc1ccc([C@H]2C3=C(CC(C)(C)CC3=O)Nc3c2cnn3C(C)C)cc1. The summed E-state index contributed by atoms with van der Waals surface area (Å²) in [5.74, 6) is 1.97. The van der Waals surface area contributed by atoms with Gasteiger partial charge in [-0.2, -0.15) is 5.10 Å². The first-order valence-corrected chi connectivity index (χ1v) is 9.55. The summed E-state index contributed by atoms with van der Waals surface area (Å²) in [6.45, 7) is 8.57. The molecular formula is C22H27N3O2. The van der Waals surface area contributed by atoms with E-state index in [1.165, 1.54) is 0 Å². The molecule has 1 atom stereocenters. The Balaban J connectivity index is 1.90. The van der Waals surface area contributed by atoms with Crippen LogP contribution in [0.4, 0.5) is 5.82 Å². The molecule has 1 aromatic carbocycles. The Morgan fingerprint density at radius 1 is 1.22 bits per heavy atom. The van der Waals surface area contributed by atoms with Crippen molar-refractivity contribution in [3.8, 4) is 5.75 Å². The van der Waals surface area contributed by atoms with Gasteiger partial charge in [-0.3, -0.25) is 4.79 Å². The maximum absolute atomic E-state index is 13.2. The van der Waals surface area contributed by atoms with Crippen LogP contribution >= 0.6 is 0 Å². The Hall–Kier alpha value is -2.56. The highest BCUT2D eigenvalue weighted by molar-refractivity contribution is 6.01. The van der Waals surface area contributed by atoms with Gasteiger partial charge in [0, 0.05) is 35.2 Å². The molecule has 2 aliphatic rings. The minimum atomic E-state index is -0.0849. The smallest absolute Gasteiger partial charge is 0.162 e. The molecule has 5 heteroatoms. The molecule has 1 aromatic heterocycles. The maximum atomic E-state index is 13.2. The lowest BCUT2D eigenvalue weighted by molar-refractivity contribution is -0.118. The van der Waals surface area contributed by atoms with Gasteiger partial charge in [0.1, 0.15) is 11.6 Å². The molecule has 0 fully saturated rings. The number of carbonyl (C=O) groups excluding carboxylic acids is 1. The van der Waals surface area contributed by atoms with E-state index >= 15 is 0 Å². The number of carbonyl (C=O) groups is 1. The molecule has 0 saturated carbocycles. The average molecular weight is 365 g/mol. The fourth-order valence-corrected chi connectivity index (χ4v) is 4.33. The number of hydrogen-bond acceptors (Lipinski definition) is 4. The molecule has 0 radical (unpaired) electrons. The number of ketones is 1. The van der Waals surface area contributed by atoms with E-state index < -0.39 is 0 Å². The Kier molecular flexibility index (Phi) is 4.13. The van der Waals surface area contributed by atoms with E-state index in [9.17, 15) is 4.79 Å². The molecule has 0 unspecified atom stereocenters. The van der Waals surface area contributed by atoms with Crippen LogP contribution in [0.5, 0.6) is 5.75 Å². The minimum absolute atomic E-state index is 0.0342. The van der Waals surface area contributed by atoms with Crippen molar-refractivity contribution in [1.82, 2.24) is 9.78 Å². The van der Waals surface area contributed by atoms with Crippen LogP contribution in [0.3, 0.4) is 0 Å². The average Bonchev–Trinajstić information content (AvgIpc) is 3.02. The molecule has 1 N–H and O–H groups in total. The molecule has 4 rings (SSSR count). The fraction of sp³-hybridized carbons (Fsp3) is 0.455. The summed E-state index contributed by atoms with van der Waals surface area (Å²) in [6, 6.07) is 8.28. The van der Waals surface area contributed by atoms with Crippen LogP contribution in [0.1, 0.15) is 63.6 Å². The molecule has 2 aromatic rings. The Labute approximate surface area is 160 Å². The van der Waals surface area contributed by atoms with Crippen LogP contribution in [0, 0.1) is 5.41 Å². The van der Waals surface area contributed by atoms with Gasteiger partial charge >= 0.3 is 0 Å². The number of nitrogens with zero attached hydrogens (tertiary/aromatic N) is 2. The van der Waals surface area contributed by atoms with Crippen molar-refractivity contribution in [2.75, 3.05) is 12.4 Å². The number of ether oxygens (including phenoxy) is 1. The normalized spacial score (nSPS) is 21.0. The zero-order valence-electron chi connectivity index (χ0n) is 16.7. The maximum Gasteiger partial charge on any atom is 0.162 e. The lowest BCUT2D eigenvalue weighted by atomic mass is 9.69. The number of methoxy groups -OCH3 is 1. The van der Waals surface area contributed by atoms with Gasteiger partial charge in [0.15, 0.2) is 5.78 Å². The van der Waals surface area contributed by atoms with Gasteiger partial charge in [-0.15, -0.1) is 0 Å². The Morgan fingerprint density at radius 2 is 1.93 bits per heavy atom. The molecule has 0 bridgehead atoms. The first-order valence-electron chi connectivity index (χ1n) is 9.55. The molecule has 1 aliphatic heterocycles. The quantitative estimate of drug-likeness (QED) is 0.858. The van der Waals surface area contributed by atoms with Crippen molar-refractivity contribution >= 4 is 11.6 Å². The van der Waals surface area contributed by atoms with Crippen LogP contribution in [-0.4, -0.2) is 22.7 Å². The van der Waals surface area contributed by atoms with Crippen LogP contribution in [-0.2, 0) is 4.79 Å².